The highest BCUT2D eigenvalue weighted by atomic mass is 32.2. The number of hydrogen-bond donors (Lipinski definition) is 2. The van der Waals surface area contributed by atoms with E-state index in [1.54, 1.807) is 41.6 Å². The lowest BCUT2D eigenvalue weighted by molar-refractivity contribution is 0.102. The molecule has 1 amide bonds. The van der Waals surface area contributed by atoms with Gasteiger partial charge in [-0.1, -0.05) is 0 Å². The summed E-state index contributed by atoms with van der Waals surface area (Å²) in [5.74, 6) is 0.778. The van der Waals surface area contributed by atoms with Gasteiger partial charge in [0, 0.05) is 59.2 Å². The Morgan fingerprint density at radius 3 is 2.76 bits per heavy atom. The molecule has 1 saturated heterocycles. The summed E-state index contributed by atoms with van der Waals surface area (Å²) in [5, 5.41) is 11.1. The number of aryl methyl sites for hydroxylation is 2. The van der Waals surface area contributed by atoms with Crippen LogP contribution >= 0.6 is 0 Å². The van der Waals surface area contributed by atoms with Gasteiger partial charge in [0.05, 0.1) is 34.2 Å². The number of aromatic nitrogens is 5. The predicted molar refractivity (Wildman–Crippen MR) is 146 cm³/mol. The highest BCUT2D eigenvalue weighted by molar-refractivity contribution is 7.92. The third kappa shape index (κ3) is 4.76. The molecule has 2 aliphatic rings. The molecule has 11 nitrogen and oxygen atoms in total. The lowest BCUT2D eigenvalue weighted by Gasteiger charge is -2.18. The third-order valence-electron chi connectivity index (χ3n) is 6.82. The predicted octanol–water partition coefficient (Wildman–Crippen LogP) is 3.26. The molecule has 0 saturated carbocycles. The van der Waals surface area contributed by atoms with Crippen molar-refractivity contribution >= 4 is 38.3 Å². The first kappa shape index (κ1) is 24.6. The van der Waals surface area contributed by atoms with Crippen molar-refractivity contribution in [3.05, 3.63) is 47.8 Å². The Balaban J connectivity index is 1.48. The summed E-state index contributed by atoms with van der Waals surface area (Å²) in [6, 6.07) is 9.35. The van der Waals surface area contributed by atoms with Crippen molar-refractivity contribution in [3.63, 3.8) is 0 Å². The molecule has 2 aliphatic heterocycles. The Bertz CT molecular complexity index is 1690. The van der Waals surface area contributed by atoms with Gasteiger partial charge in [-0.05, 0) is 50.1 Å². The van der Waals surface area contributed by atoms with Crippen LogP contribution in [-0.2, 0) is 23.3 Å². The zero-order valence-electron chi connectivity index (χ0n) is 21.8. The average molecular weight is 535 g/mol. The van der Waals surface area contributed by atoms with Crippen LogP contribution in [0, 0.1) is 6.92 Å². The summed E-state index contributed by atoms with van der Waals surface area (Å²) in [6.45, 7) is 2.94. The SMILES string of the molecule is Cc1cc2cc(n1)-c1cnn(C)c1OCC1CCC(Cn3c(nc4ccc(N=S(C)(C)=O)cc43)NC2=O)N1. The molecule has 38 heavy (non-hydrogen) atoms. The number of fused-ring (bicyclic) bond motifs is 9. The van der Waals surface area contributed by atoms with Crippen LogP contribution in [0.25, 0.3) is 22.3 Å². The van der Waals surface area contributed by atoms with Crippen molar-refractivity contribution < 1.29 is 13.7 Å². The van der Waals surface area contributed by atoms with Crippen LogP contribution in [0.1, 0.15) is 28.9 Å². The molecule has 1 fully saturated rings. The zero-order valence-corrected chi connectivity index (χ0v) is 22.6. The van der Waals surface area contributed by atoms with Gasteiger partial charge >= 0.3 is 0 Å². The smallest absolute Gasteiger partial charge is 0.258 e. The molecule has 5 heterocycles. The van der Waals surface area contributed by atoms with Crippen molar-refractivity contribution in [2.75, 3.05) is 24.4 Å². The van der Waals surface area contributed by atoms with Gasteiger partial charge < -0.3 is 14.6 Å². The van der Waals surface area contributed by atoms with E-state index in [1.807, 2.05) is 30.7 Å². The number of nitrogens with zero attached hydrogens (tertiary/aromatic N) is 6. The number of pyridine rings is 1. The summed E-state index contributed by atoms with van der Waals surface area (Å²) in [6.07, 6.45) is 6.83. The molecule has 12 heteroatoms. The number of carbonyl (C=O) groups is 1. The first-order valence-electron chi connectivity index (χ1n) is 12.5. The number of amides is 1. The second-order valence-electron chi connectivity index (χ2n) is 10.3. The topological polar surface area (TPSA) is 128 Å². The number of nitrogens with one attached hydrogen (secondary N) is 2. The number of benzene rings is 1. The van der Waals surface area contributed by atoms with E-state index >= 15 is 0 Å². The number of imidazole rings is 1. The van der Waals surface area contributed by atoms with Gasteiger partial charge in [0.2, 0.25) is 11.8 Å². The molecule has 0 spiro atoms. The van der Waals surface area contributed by atoms with Crippen LogP contribution in [0.4, 0.5) is 11.6 Å². The largest absolute Gasteiger partial charge is 0.476 e. The van der Waals surface area contributed by atoms with Gasteiger partial charge in [-0.15, -0.1) is 0 Å². The molecule has 4 bridgehead atoms. The summed E-state index contributed by atoms with van der Waals surface area (Å²) >= 11 is 0. The molecule has 2 unspecified atom stereocenters. The molecule has 0 aliphatic carbocycles. The Kier molecular flexibility index (Phi) is 5.95. The molecule has 4 aromatic rings. The van der Waals surface area contributed by atoms with Crippen LogP contribution in [0.15, 0.2) is 40.9 Å². The van der Waals surface area contributed by atoms with Crippen LogP contribution in [0.5, 0.6) is 5.88 Å². The first-order valence-corrected chi connectivity index (χ1v) is 14.8. The van der Waals surface area contributed by atoms with Crippen LogP contribution < -0.4 is 15.4 Å². The molecule has 2 atom stereocenters. The van der Waals surface area contributed by atoms with Crippen molar-refractivity contribution in [2.24, 2.45) is 11.4 Å². The number of rotatable bonds is 1. The number of anilines is 1. The summed E-state index contributed by atoms with van der Waals surface area (Å²) in [5.41, 5.74) is 4.68. The van der Waals surface area contributed by atoms with Crippen LogP contribution in [0.2, 0.25) is 0 Å². The third-order valence-corrected chi connectivity index (χ3v) is 7.47. The van der Waals surface area contributed by atoms with Gasteiger partial charge in [-0.3, -0.25) is 15.1 Å². The number of hydrogen-bond acceptors (Lipinski definition) is 8. The normalized spacial score (nSPS) is 19.6. The summed E-state index contributed by atoms with van der Waals surface area (Å²) in [7, 11) is -0.494. The quantitative estimate of drug-likeness (QED) is 0.384. The van der Waals surface area contributed by atoms with Crippen molar-refractivity contribution in [1.82, 2.24) is 29.6 Å². The standard InChI is InChI=1S/C26H30N8O3S/c1-15-9-16-10-22(28-15)20-12-27-33(2)25(20)37-14-19-6-5-18(29-19)13-34-23-11-17(32-38(3,4)36)7-8-21(23)30-26(34)31-24(16)35/h7-12,18-19,29H,5-6,13-14H2,1-4H3,(H,30,31,35). The summed E-state index contributed by atoms with van der Waals surface area (Å²) < 4.78 is 26.7. The molecule has 2 N–H and O–H groups in total. The Hall–Kier alpha value is -3.77. The van der Waals surface area contributed by atoms with Gasteiger partial charge in [0.25, 0.3) is 5.91 Å². The Labute approximate surface area is 220 Å². The minimum absolute atomic E-state index is 0.153. The number of ether oxygens (including phenoxy) is 1. The highest BCUT2D eigenvalue weighted by Crippen LogP contribution is 2.31. The second kappa shape index (κ2) is 9.21. The molecule has 1 aromatic carbocycles. The number of carbonyl (C=O) groups excluding carboxylic acids is 1. The minimum atomic E-state index is -2.33. The van der Waals surface area contributed by atoms with E-state index in [-0.39, 0.29) is 18.0 Å². The summed E-state index contributed by atoms with van der Waals surface area (Å²) in [4.78, 5) is 22.9. The van der Waals surface area contributed by atoms with E-state index in [0.29, 0.717) is 47.6 Å². The maximum Gasteiger partial charge on any atom is 0.258 e. The van der Waals surface area contributed by atoms with E-state index in [1.165, 1.54) is 0 Å². The van der Waals surface area contributed by atoms with E-state index in [2.05, 4.69) is 25.1 Å². The lowest BCUT2D eigenvalue weighted by Crippen LogP contribution is -2.36. The first-order chi connectivity index (χ1) is 18.1. The van der Waals surface area contributed by atoms with E-state index < -0.39 is 9.73 Å². The Morgan fingerprint density at radius 2 is 1.95 bits per heavy atom. The van der Waals surface area contributed by atoms with Crippen LogP contribution in [0.3, 0.4) is 0 Å². The van der Waals surface area contributed by atoms with E-state index in [0.717, 1.165) is 29.4 Å². The average Bonchev–Trinajstić information content (AvgIpc) is 3.54. The van der Waals surface area contributed by atoms with Gasteiger partial charge in [-0.2, -0.15) is 9.46 Å². The molecule has 0 radical (unpaired) electrons. The molecule has 6 rings (SSSR count). The van der Waals surface area contributed by atoms with Gasteiger partial charge in [0.15, 0.2) is 0 Å². The maximum atomic E-state index is 13.5. The van der Waals surface area contributed by atoms with Crippen LogP contribution in [-0.4, -0.2) is 65.6 Å². The molecular formula is C26H30N8O3S. The monoisotopic (exact) mass is 534 g/mol. The Morgan fingerprint density at radius 1 is 1.13 bits per heavy atom. The fourth-order valence-electron chi connectivity index (χ4n) is 5.16. The van der Waals surface area contributed by atoms with E-state index in [4.69, 9.17) is 9.72 Å². The van der Waals surface area contributed by atoms with Gasteiger partial charge in [-0.25, -0.2) is 13.9 Å². The fourth-order valence-corrected chi connectivity index (χ4v) is 5.79. The van der Waals surface area contributed by atoms with Crippen molar-refractivity contribution in [3.8, 4) is 17.1 Å². The van der Waals surface area contributed by atoms with Crippen molar-refractivity contribution in [1.29, 1.82) is 0 Å². The lowest BCUT2D eigenvalue weighted by atomic mass is 10.1. The van der Waals surface area contributed by atoms with E-state index in [9.17, 15) is 9.00 Å². The molecular weight excluding hydrogens is 504 g/mol. The maximum absolute atomic E-state index is 13.5. The minimum Gasteiger partial charge on any atom is -0.476 e. The molecule has 3 aromatic heterocycles. The second-order valence-corrected chi connectivity index (χ2v) is 12.8. The molecule has 198 valence electrons. The van der Waals surface area contributed by atoms with Crippen molar-refractivity contribution in [2.45, 2.75) is 38.4 Å². The van der Waals surface area contributed by atoms with Gasteiger partial charge in [0.1, 0.15) is 6.61 Å². The zero-order chi connectivity index (χ0) is 26.6. The fraction of sp³-hybridized carbons (Fsp3) is 0.385. The highest BCUT2D eigenvalue weighted by Gasteiger charge is 2.28.